The highest BCUT2D eigenvalue weighted by molar-refractivity contribution is 6.01. The number of aromatic nitrogens is 1. The van der Waals surface area contributed by atoms with Crippen LogP contribution in [0.5, 0.6) is 0 Å². The van der Waals surface area contributed by atoms with Crippen molar-refractivity contribution in [3.63, 3.8) is 0 Å². The van der Waals surface area contributed by atoms with E-state index in [1.807, 2.05) is 0 Å². The average molecular weight is 179 g/mol. The van der Waals surface area contributed by atoms with Crippen molar-refractivity contribution in [3.05, 3.63) is 23.0 Å². The van der Waals surface area contributed by atoms with Crippen LogP contribution in [-0.4, -0.2) is 23.8 Å². The molecule has 0 amide bonds. The first-order valence-electron chi connectivity index (χ1n) is 4.06. The number of ketones is 1. The Hall–Kier alpha value is -1.58. The van der Waals surface area contributed by atoms with Crippen LogP contribution in [0.3, 0.4) is 0 Å². The van der Waals surface area contributed by atoms with E-state index in [0.717, 1.165) is 12.0 Å². The van der Waals surface area contributed by atoms with Crippen molar-refractivity contribution < 1.29 is 14.3 Å². The van der Waals surface area contributed by atoms with Crippen LogP contribution in [0.25, 0.3) is 0 Å². The minimum absolute atomic E-state index is 0.0742. The molecular weight excluding hydrogens is 170 g/mol. The number of rotatable bonds is 1. The quantitative estimate of drug-likeness (QED) is 0.652. The van der Waals surface area contributed by atoms with Crippen LogP contribution in [0.2, 0.25) is 0 Å². The topological polar surface area (TPSA) is 59.2 Å². The zero-order valence-corrected chi connectivity index (χ0v) is 7.22. The van der Waals surface area contributed by atoms with E-state index in [4.69, 9.17) is 0 Å². The fourth-order valence-electron chi connectivity index (χ4n) is 1.54. The molecule has 0 aromatic carbocycles. The van der Waals surface area contributed by atoms with Gasteiger partial charge in [0.05, 0.1) is 12.8 Å². The van der Waals surface area contributed by atoms with E-state index in [9.17, 15) is 9.59 Å². The average Bonchev–Trinajstić information content (AvgIpc) is 2.67. The van der Waals surface area contributed by atoms with Crippen LogP contribution < -0.4 is 0 Å². The maximum absolute atomic E-state index is 11.2. The Kier molecular flexibility index (Phi) is 1.69. The lowest BCUT2D eigenvalue weighted by atomic mass is 10.2. The van der Waals surface area contributed by atoms with Crippen LogP contribution in [0.1, 0.15) is 33.0 Å². The van der Waals surface area contributed by atoms with E-state index in [2.05, 4.69) is 9.72 Å². The van der Waals surface area contributed by atoms with Crippen LogP contribution >= 0.6 is 0 Å². The number of Topliss-reactive ketones (excluding diaryl/α,β-unsaturated/α-hetero) is 1. The number of hydrogen-bond donors (Lipinski definition) is 1. The van der Waals surface area contributed by atoms with Crippen LogP contribution in [0, 0.1) is 0 Å². The number of hydrogen-bond acceptors (Lipinski definition) is 3. The number of esters is 1. The Morgan fingerprint density at radius 2 is 2.31 bits per heavy atom. The number of carbonyl (C=O) groups excluding carboxylic acids is 2. The van der Waals surface area contributed by atoms with Crippen molar-refractivity contribution in [1.29, 1.82) is 0 Å². The summed E-state index contributed by atoms with van der Waals surface area (Å²) < 4.78 is 4.53. The molecule has 1 heterocycles. The molecule has 2 rings (SSSR count). The molecule has 0 radical (unpaired) electrons. The van der Waals surface area contributed by atoms with Gasteiger partial charge in [-0.3, -0.25) is 4.79 Å². The Bertz CT molecular complexity index is 378. The van der Waals surface area contributed by atoms with Gasteiger partial charge in [0.2, 0.25) is 0 Å². The minimum Gasteiger partial charge on any atom is -0.464 e. The highest BCUT2D eigenvalue weighted by Gasteiger charge is 2.24. The first-order chi connectivity index (χ1) is 6.22. The molecular formula is C9H9NO3. The standard InChI is InChI=1S/C9H9NO3/c1-13-9(12)6-4-5-2-3-7(11)8(5)10-6/h4,10H,2-3H2,1H3. The van der Waals surface area contributed by atoms with Gasteiger partial charge in [-0.1, -0.05) is 0 Å². The van der Waals surface area contributed by atoms with Crippen molar-refractivity contribution in [3.8, 4) is 0 Å². The zero-order valence-electron chi connectivity index (χ0n) is 7.22. The summed E-state index contributed by atoms with van der Waals surface area (Å²) in [5.74, 6) is -0.354. The molecule has 68 valence electrons. The van der Waals surface area contributed by atoms with Crippen molar-refractivity contribution >= 4 is 11.8 Å². The first-order valence-corrected chi connectivity index (χ1v) is 4.06. The van der Waals surface area contributed by atoms with Gasteiger partial charge in [0, 0.05) is 6.42 Å². The van der Waals surface area contributed by atoms with Gasteiger partial charge in [-0.25, -0.2) is 4.79 Å². The van der Waals surface area contributed by atoms with Gasteiger partial charge >= 0.3 is 5.97 Å². The Morgan fingerprint density at radius 1 is 1.54 bits per heavy atom. The summed E-state index contributed by atoms with van der Waals surface area (Å²) in [5, 5.41) is 0. The normalized spacial score (nSPS) is 14.4. The summed E-state index contributed by atoms with van der Waals surface area (Å²) >= 11 is 0. The molecule has 0 saturated heterocycles. The molecule has 1 aromatic rings. The number of H-pyrrole nitrogens is 1. The second-order valence-corrected chi connectivity index (χ2v) is 3.00. The van der Waals surface area contributed by atoms with Gasteiger partial charge in [-0.2, -0.15) is 0 Å². The van der Waals surface area contributed by atoms with Crippen LogP contribution in [-0.2, 0) is 11.2 Å². The van der Waals surface area contributed by atoms with Crippen molar-refractivity contribution in [2.75, 3.05) is 7.11 Å². The molecule has 0 atom stereocenters. The third-order valence-electron chi connectivity index (χ3n) is 2.20. The number of carbonyl (C=O) groups is 2. The van der Waals surface area contributed by atoms with Gasteiger partial charge in [0.15, 0.2) is 5.78 Å². The Balaban J connectivity index is 2.39. The molecule has 13 heavy (non-hydrogen) atoms. The number of methoxy groups -OCH3 is 1. The number of aryl methyl sites for hydroxylation is 1. The maximum atomic E-state index is 11.2. The van der Waals surface area contributed by atoms with E-state index >= 15 is 0 Å². The Labute approximate surface area is 74.9 Å². The molecule has 0 unspecified atom stereocenters. The molecule has 0 spiro atoms. The smallest absolute Gasteiger partial charge is 0.354 e. The van der Waals surface area contributed by atoms with Crippen molar-refractivity contribution in [1.82, 2.24) is 4.98 Å². The first kappa shape index (κ1) is 8.04. The van der Waals surface area contributed by atoms with Crippen LogP contribution in [0.15, 0.2) is 6.07 Å². The van der Waals surface area contributed by atoms with E-state index in [1.54, 1.807) is 6.07 Å². The molecule has 0 saturated carbocycles. The lowest BCUT2D eigenvalue weighted by Crippen LogP contribution is -2.03. The lowest BCUT2D eigenvalue weighted by molar-refractivity contribution is 0.0594. The molecule has 1 aromatic heterocycles. The summed E-state index contributed by atoms with van der Waals surface area (Å²) in [6.07, 6.45) is 1.27. The van der Waals surface area contributed by atoms with Crippen LogP contribution in [0.4, 0.5) is 0 Å². The number of ether oxygens (including phenoxy) is 1. The van der Waals surface area contributed by atoms with Gasteiger partial charge in [-0.15, -0.1) is 0 Å². The molecule has 4 nitrogen and oxygen atoms in total. The molecule has 0 fully saturated rings. The third kappa shape index (κ3) is 1.14. The zero-order chi connectivity index (χ0) is 9.42. The van der Waals surface area contributed by atoms with Crippen molar-refractivity contribution in [2.24, 2.45) is 0 Å². The highest BCUT2D eigenvalue weighted by Crippen LogP contribution is 2.22. The molecule has 1 N–H and O–H groups in total. The van der Waals surface area contributed by atoms with E-state index in [1.165, 1.54) is 7.11 Å². The molecule has 4 heteroatoms. The summed E-state index contributed by atoms with van der Waals surface area (Å²) in [7, 11) is 1.32. The summed E-state index contributed by atoms with van der Waals surface area (Å²) in [5.41, 5.74) is 1.85. The number of nitrogens with one attached hydrogen (secondary N) is 1. The fraction of sp³-hybridized carbons (Fsp3) is 0.333. The largest absolute Gasteiger partial charge is 0.464 e. The third-order valence-corrected chi connectivity index (χ3v) is 2.20. The number of aromatic amines is 1. The molecule has 1 aliphatic carbocycles. The van der Waals surface area contributed by atoms with Gasteiger partial charge < -0.3 is 9.72 Å². The van der Waals surface area contributed by atoms with Gasteiger partial charge in [-0.05, 0) is 18.1 Å². The minimum atomic E-state index is -0.429. The summed E-state index contributed by atoms with van der Waals surface area (Å²) in [6.45, 7) is 0. The molecule has 1 aliphatic rings. The molecule has 0 bridgehead atoms. The SMILES string of the molecule is COC(=O)c1cc2c([nH]1)C(=O)CC2. The fourth-order valence-corrected chi connectivity index (χ4v) is 1.54. The lowest BCUT2D eigenvalue weighted by Gasteiger charge is -1.93. The van der Waals surface area contributed by atoms with E-state index in [-0.39, 0.29) is 5.78 Å². The predicted molar refractivity (Wildman–Crippen MR) is 44.8 cm³/mol. The molecule has 0 aliphatic heterocycles. The van der Waals surface area contributed by atoms with E-state index < -0.39 is 5.97 Å². The summed E-state index contributed by atoms with van der Waals surface area (Å²) in [6, 6.07) is 1.69. The Morgan fingerprint density at radius 3 is 2.92 bits per heavy atom. The van der Waals surface area contributed by atoms with E-state index in [0.29, 0.717) is 17.8 Å². The maximum Gasteiger partial charge on any atom is 0.354 e. The highest BCUT2D eigenvalue weighted by atomic mass is 16.5. The van der Waals surface area contributed by atoms with Gasteiger partial charge in [0.25, 0.3) is 0 Å². The summed E-state index contributed by atoms with van der Waals surface area (Å²) in [4.78, 5) is 25.0. The predicted octanol–water partition coefficient (Wildman–Crippen LogP) is 0.930. The number of fused-ring (bicyclic) bond motifs is 1. The van der Waals surface area contributed by atoms with Crippen molar-refractivity contribution in [2.45, 2.75) is 12.8 Å². The second kappa shape index (κ2) is 2.73. The monoisotopic (exact) mass is 179 g/mol. The second-order valence-electron chi connectivity index (χ2n) is 3.00. The van der Waals surface area contributed by atoms with Gasteiger partial charge in [0.1, 0.15) is 5.69 Å².